The molecule has 8 nitrogen and oxygen atoms in total. The third-order valence-electron chi connectivity index (χ3n) is 4.39. The van der Waals surface area contributed by atoms with Crippen LogP contribution in [0.1, 0.15) is 22.9 Å². The van der Waals surface area contributed by atoms with Crippen LogP contribution in [0.5, 0.6) is 0 Å². The maximum Gasteiger partial charge on any atom is 0.204 e. The second-order valence-electron chi connectivity index (χ2n) is 5.96. The summed E-state index contributed by atoms with van der Waals surface area (Å²) >= 11 is 0. The first-order chi connectivity index (χ1) is 11.8. The van der Waals surface area contributed by atoms with E-state index in [-0.39, 0.29) is 6.04 Å². The summed E-state index contributed by atoms with van der Waals surface area (Å²) in [5, 5.41) is 21.5. The van der Waals surface area contributed by atoms with Gasteiger partial charge in [-0.05, 0) is 35.4 Å². The highest BCUT2D eigenvalue weighted by Gasteiger charge is 2.25. The van der Waals surface area contributed by atoms with Crippen molar-refractivity contribution in [1.29, 1.82) is 0 Å². The van der Waals surface area contributed by atoms with Crippen LogP contribution in [0.3, 0.4) is 0 Å². The number of hydrogen-bond donors (Lipinski definition) is 2. The number of tetrazole rings is 1. The summed E-state index contributed by atoms with van der Waals surface area (Å²) in [4.78, 5) is 2.40. The minimum Gasteiger partial charge on any atom is -0.378 e. The van der Waals surface area contributed by atoms with Crippen LogP contribution in [0, 0.1) is 6.92 Å². The van der Waals surface area contributed by atoms with E-state index >= 15 is 0 Å². The van der Waals surface area contributed by atoms with Gasteiger partial charge in [-0.1, -0.05) is 12.1 Å². The van der Waals surface area contributed by atoms with Crippen molar-refractivity contribution < 1.29 is 4.74 Å². The van der Waals surface area contributed by atoms with Crippen molar-refractivity contribution in [3.05, 3.63) is 47.3 Å². The molecule has 1 aromatic carbocycles. The Morgan fingerprint density at radius 1 is 1.33 bits per heavy atom. The Hall–Kier alpha value is -2.58. The third kappa shape index (κ3) is 2.93. The van der Waals surface area contributed by atoms with Crippen molar-refractivity contribution >= 4 is 0 Å². The van der Waals surface area contributed by atoms with E-state index in [1.807, 2.05) is 6.07 Å². The summed E-state index contributed by atoms with van der Waals surface area (Å²) in [6, 6.07) is 8.59. The van der Waals surface area contributed by atoms with Crippen LogP contribution in [0.15, 0.2) is 30.5 Å². The highest BCUT2D eigenvalue weighted by Crippen LogP contribution is 2.26. The lowest BCUT2D eigenvalue weighted by molar-refractivity contribution is -0.0142. The standard InChI is InChI=1S/C16H19N7O/c1-11-2-3-12(8-13(11)16-19-21-22-20-16)9-23-6-7-24-10-15(23)14-4-5-17-18-14/h2-5,8,15H,6-7,9-10H2,1H3,(H,17,18)(H,19,20,21,22). The lowest BCUT2D eigenvalue weighted by Crippen LogP contribution is -2.39. The number of rotatable bonds is 4. The van der Waals surface area contributed by atoms with Gasteiger partial charge in [-0.25, -0.2) is 0 Å². The smallest absolute Gasteiger partial charge is 0.204 e. The average molecular weight is 325 g/mol. The molecule has 0 amide bonds. The van der Waals surface area contributed by atoms with Crippen LogP contribution < -0.4 is 0 Å². The van der Waals surface area contributed by atoms with Crippen LogP contribution in [0.4, 0.5) is 0 Å². The molecular formula is C16H19N7O. The summed E-state index contributed by atoms with van der Waals surface area (Å²) in [5.41, 5.74) is 4.44. The van der Waals surface area contributed by atoms with E-state index in [9.17, 15) is 0 Å². The maximum atomic E-state index is 5.65. The van der Waals surface area contributed by atoms with Crippen molar-refractivity contribution in [3.63, 3.8) is 0 Å². The predicted octanol–water partition coefficient (Wildman–Crippen LogP) is 1.47. The zero-order chi connectivity index (χ0) is 16.4. The lowest BCUT2D eigenvalue weighted by Gasteiger charge is -2.35. The zero-order valence-corrected chi connectivity index (χ0v) is 13.4. The summed E-state index contributed by atoms with van der Waals surface area (Å²) in [5.74, 6) is 0.626. The van der Waals surface area contributed by atoms with Crippen LogP contribution in [-0.4, -0.2) is 55.5 Å². The highest BCUT2D eigenvalue weighted by atomic mass is 16.5. The number of ether oxygens (including phenoxy) is 1. The fraction of sp³-hybridized carbons (Fsp3) is 0.375. The number of aromatic amines is 2. The van der Waals surface area contributed by atoms with Crippen molar-refractivity contribution in [2.45, 2.75) is 19.5 Å². The molecule has 4 rings (SSSR count). The molecule has 1 fully saturated rings. The molecule has 1 unspecified atom stereocenters. The normalized spacial score (nSPS) is 18.8. The van der Waals surface area contributed by atoms with Gasteiger partial charge in [-0.15, -0.1) is 10.2 Å². The number of morpholine rings is 1. The van der Waals surface area contributed by atoms with Gasteiger partial charge >= 0.3 is 0 Å². The van der Waals surface area contributed by atoms with Gasteiger partial charge in [0.25, 0.3) is 0 Å². The zero-order valence-electron chi connectivity index (χ0n) is 13.4. The van der Waals surface area contributed by atoms with Gasteiger partial charge in [0.05, 0.1) is 24.9 Å². The van der Waals surface area contributed by atoms with Crippen molar-refractivity contribution in [3.8, 4) is 11.4 Å². The molecule has 24 heavy (non-hydrogen) atoms. The molecule has 0 radical (unpaired) electrons. The summed E-state index contributed by atoms with van der Waals surface area (Å²) in [6.45, 7) is 5.19. The van der Waals surface area contributed by atoms with Crippen LogP contribution in [-0.2, 0) is 11.3 Å². The molecule has 1 saturated heterocycles. The van der Waals surface area contributed by atoms with Gasteiger partial charge in [0, 0.05) is 24.8 Å². The van der Waals surface area contributed by atoms with Crippen molar-refractivity contribution in [1.82, 2.24) is 35.7 Å². The molecule has 8 heteroatoms. The van der Waals surface area contributed by atoms with Crippen molar-refractivity contribution in [2.24, 2.45) is 0 Å². The van der Waals surface area contributed by atoms with Crippen molar-refractivity contribution in [2.75, 3.05) is 19.8 Å². The van der Waals surface area contributed by atoms with Crippen LogP contribution in [0.2, 0.25) is 0 Å². The lowest BCUT2D eigenvalue weighted by atomic mass is 10.0. The molecule has 124 valence electrons. The second kappa shape index (κ2) is 6.50. The van der Waals surface area contributed by atoms with Crippen LogP contribution >= 0.6 is 0 Å². The Balaban J connectivity index is 1.59. The first-order valence-electron chi connectivity index (χ1n) is 7.95. The second-order valence-corrected chi connectivity index (χ2v) is 5.96. The van der Waals surface area contributed by atoms with Crippen LogP contribution in [0.25, 0.3) is 11.4 Å². The average Bonchev–Trinajstić information content (AvgIpc) is 3.31. The summed E-state index contributed by atoms with van der Waals surface area (Å²) < 4.78 is 5.65. The number of H-pyrrole nitrogens is 2. The molecule has 0 saturated carbocycles. The summed E-state index contributed by atoms with van der Waals surface area (Å²) in [6.07, 6.45) is 1.78. The van der Waals surface area contributed by atoms with Gasteiger partial charge in [0.15, 0.2) is 0 Å². The fourth-order valence-corrected chi connectivity index (χ4v) is 3.08. The van der Waals surface area contributed by atoms with Gasteiger partial charge < -0.3 is 4.74 Å². The van der Waals surface area contributed by atoms with Gasteiger partial charge in [0.2, 0.25) is 5.82 Å². The number of nitrogens with zero attached hydrogens (tertiary/aromatic N) is 5. The Labute approximate surface area is 139 Å². The van der Waals surface area contributed by atoms with E-state index in [0.29, 0.717) is 12.4 Å². The van der Waals surface area contributed by atoms with E-state index in [0.717, 1.165) is 36.5 Å². The number of nitrogens with one attached hydrogen (secondary N) is 2. The summed E-state index contributed by atoms with van der Waals surface area (Å²) in [7, 11) is 0. The first-order valence-corrected chi connectivity index (χ1v) is 7.95. The van der Waals surface area contributed by atoms with E-state index < -0.39 is 0 Å². The minimum atomic E-state index is 0.191. The molecule has 1 atom stereocenters. The molecule has 1 aliphatic rings. The largest absolute Gasteiger partial charge is 0.378 e. The fourth-order valence-electron chi connectivity index (χ4n) is 3.08. The topological polar surface area (TPSA) is 95.6 Å². The Morgan fingerprint density at radius 2 is 2.29 bits per heavy atom. The molecule has 0 spiro atoms. The number of hydrogen-bond acceptors (Lipinski definition) is 6. The number of aromatic nitrogens is 6. The quantitative estimate of drug-likeness (QED) is 0.754. The monoisotopic (exact) mass is 325 g/mol. The molecular weight excluding hydrogens is 306 g/mol. The maximum absolute atomic E-state index is 5.65. The minimum absolute atomic E-state index is 0.191. The molecule has 2 aromatic heterocycles. The number of benzene rings is 1. The van der Waals surface area contributed by atoms with E-state index in [1.54, 1.807) is 6.20 Å². The van der Waals surface area contributed by atoms with Gasteiger partial charge in [0.1, 0.15) is 0 Å². The Bertz CT molecular complexity index is 785. The van der Waals surface area contributed by atoms with E-state index in [4.69, 9.17) is 4.74 Å². The molecule has 0 aliphatic carbocycles. The molecule has 3 heterocycles. The molecule has 1 aliphatic heterocycles. The molecule has 2 N–H and O–H groups in total. The number of aryl methyl sites for hydroxylation is 1. The van der Waals surface area contributed by atoms with E-state index in [1.165, 1.54) is 5.56 Å². The SMILES string of the molecule is Cc1ccc(CN2CCOCC2c2ccn[nH]2)cc1-c1nn[nH]n1. The van der Waals surface area contributed by atoms with Gasteiger partial charge in [-0.3, -0.25) is 10.00 Å². The first kappa shape index (κ1) is 15.0. The Morgan fingerprint density at radius 3 is 3.08 bits per heavy atom. The molecule has 3 aromatic rings. The predicted molar refractivity (Wildman–Crippen MR) is 86.9 cm³/mol. The Kier molecular flexibility index (Phi) is 4.06. The highest BCUT2D eigenvalue weighted by molar-refractivity contribution is 5.60. The third-order valence-corrected chi connectivity index (χ3v) is 4.39. The van der Waals surface area contributed by atoms with E-state index in [2.05, 4.69) is 60.8 Å². The van der Waals surface area contributed by atoms with Gasteiger partial charge in [-0.2, -0.15) is 10.3 Å². The molecule has 0 bridgehead atoms.